The zero-order valence-electron chi connectivity index (χ0n) is 9.86. The van der Waals surface area contributed by atoms with Crippen LogP contribution in [0.4, 0.5) is 0 Å². The molecule has 0 aliphatic heterocycles. The average molecular weight is 216 g/mol. The van der Waals surface area contributed by atoms with Gasteiger partial charge in [0.1, 0.15) is 5.92 Å². The fourth-order valence-electron chi connectivity index (χ4n) is 1.94. The summed E-state index contributed by atoms with van der Waals surface area (Å²) < 4.78 is 5.22. The summed E-state index contributed by atoms with van der Waals surface area (Å²) >= 11 is 0. The molecule has 0 saturated heterocycles. The molecule has 0 amide bonds. The second kappa shape index (κ2) is 4.12. The molecule has 0 aromatic heterocycles. The van der Waals surface area contributed by atoms with E-state index < -0.39 is 0 Å². The summed E-state index contributed by atoms with van der Waals surface area (Å²) in [5.41, 5.74) is 3.40. The maximum atomic E-state index is 11.7. The third kappa shape index (κ3) is 2.01. The summed E-state index contributed by atoms with van der Waals surface area (Å²) in [4.78, 5) is 11.7. The molecule has 1 aliphatic rings. The van der Waals surface area contributed by atoms with Crippen LogP contribution < -0.4 is 0 Å². The van der Waals surface area contributed by atoms with Crippen molar-refractivity contribution in [2.75, 3.05) is 0 Å². The van der Waals surface area contributed by atoms with E-state index in [4.69, 9.17) is 4.74 Å². The highest BCUT2D eigenvalue weighted by Gasteiger charge is 2.41. The fourth-order valence-corrected chi connectivity index (χ4v) is 1.94. The molecule has 0 saturated carbocycles. The molecule has 0 radical (unpaired) electrons. The SMILES string of the molecule is CC1=C(c2ccccc2)C1C(=O)OC(C)C. The average Bonchev–Trinajstić information content (AvgIpc) is 2.90. The Morgan fingerprint density at radius 3 is 2.44 bits per heavy atom. The predicted octanol–water partition coefficient (Wildman–Crippen LogP) is 3.04. The first-order chi connectivity index (χ1) is 7.61. The first-order valence-corrected chi connectivity index (χ1v) is 5.58. The summed E-state index contributed by atoms with van der Waals surface area (Å²) in [7, 11) is 0. The molecule has 1 unspecified atom stereocenters. The van der Waals surface area contributed by atoms with E-state index in [1.165, 1.54) is 0 Å². The highest BCUT2D eigenvalue weighted by molar-refractivity contribution is 6.03. The van der Waals surface area contributed by atoms with Crippen LogP contribution in [0, 0.1) is 5.92 Å². The van der Waals surface area contributed by atoms with Gasteiger partial charge < -0.3 is 4.74 Å². The molecule has 1 aromatic carbocycles. The third-order valence-corrected chi connectivity index (χ3v) is 2.74. The van der Waals surface area contributed by atoms with E-state index in [0.717, 1.165) is 16.7 Å². The van der Waals surface area contributed by atoms with E-state index in [0.29, 0.717) is 0 Å². The lowest BCUT2D eigenvalue weighted by Gasteiger charge is -2.08. The molecule has 0 N–H and O–H groups in total. The molecular weight excluding hydrogens is 200 g/mol. The first kappa shape index (κ1) is 10.9. The Balaban J connectivity index is 2.08. The van der Waals surface area contributed by atoms with Gasteiger partial charge in [-0.1, -0.05) is 30.3 Å². The number of ether oxygens (including phenoxy) is 1. The standard InChI is InChI=1S/C14H16O2/c1-9(2)16-14(15)13-10(3)12(13)11-7-5-4-6-8-11/h4-9,13H,1-3H3. The van der Waals surface area contributed by atoms with Gasteiger partial charge >= 0.3 is 5.97 Å². The maximum absolute atomic E-state index is 11.7. The van der Waals surface area contributed by atoms with Gasteiger partial charge in [-0.05, 0) is 37.5 Å². The summed E-state index contributed by atoms with van der Waals surface area (Å²) in [6.07, 6.45) is -0.0436. The zero-order valence-corrected chi connectivity index (χ0v) is 9.86. The Morgan fingerprint density at radius 2 is 1.88 bits per heavy atom. The van der Waals surface area contributed by atoms with E-state index in [-0.39, 0.29) is 18.0 Å². The summed E-state index contributed by atoms with van der Waals surface area (Å²) in [6.45, 7) is 5.74. The Labute approximate surface area is 95.9 Å². The van der Waals surface area contributed by atoms with Gasteiger partial charge in [0, 0.05) is 0 Å². The van der Waals surface area contributed by atoms with Gasteiger partial charge in [0.25, 0.3) is 0 Å². The van der Waals surface area contributed by atoms with E-state index in [1.807, 2.05) is 51.1 Å². The topological polar surface area (TPSA) is 26.3 Å². The maximum Gasteiger partial charge on any atom is 0.317 e. The van der Waals surface area contributed by atoms with Crippen molar-refractivity contribution in [1.82, 2.24) is 0 Å². The molecule has 0 spiro atoms. The molecule has 1 aromatic rings. The number of hydrogen-bond acceptors (Lipinski definition) is 2. The quantitative estimate of drug-likeness (QED) is 0.726. The zero-order chi connectivity index (χ0) is 11.7. The van der Waals surface area contributed by atoms with Crippen molar-refractivity contribution in [2.24, 2.45) is 5.92 Å². The number of rotatable bonds is 3. The molecule has 0 bridgehead atoms. The van der Waals surface area contributed by atoms with Crippen LogP contribution in [0.1, 0.15) is 26.3 Å². The fraction of sp³-hybridized carbons (Fsp3) is 0.357. The van der Waals surface area contributed by atoms with Gasteiger partial charge in [-0.2, -0.15) is 0 Å². The number of benzene rings is 1. The monoisotopic (exact) mass is 216 g/mol. The van der Waals surface area contributed by atoms with Crippen molar-refractivity contribution in [2.45, 2.75) is 26.9 Å². The van der Waals surface area contributed by atoms with Crippen LogP contribution in [0.25, 0.3) is 5.57 Å². The van der Waals surface area contributed by atoms with Crippen LogP contribution in [-0.2, 0) is 9.53 Å². The van der Waals surface area contributed by atoms with Gasteiger partial charge in [0.05, 0.1) is 6.10 Å². The molecule has 2 nitrogen and oxygen atoms in total. The van der Waals surface area contributed by atoms with Crippen LogP contribution in [0.5, 0.6) is 0 Å². The smallest absolute Gasteiger partial charge is 0.317 e. The number of esters is 1. The Morgan fingerprint density at radius 1 is 1.25 bits per heavy atom. The van der Waals surface area contributed by atoms with Crippen LogP contribution >= 0.6 is 0 Å². The Hall–Kier alpha value is -1.57. The van der Waals surface area contributed by atoms with E-state index in [1.54, 1.807) is 0 Å². The minimum absolute atomic E-state index is 0.0436. The molecule has 2 heteroatoms. The van der Waals surface area contributed by atoms with Crippen molar-refractivity contribution in [3.63, 3.8) is 0 Å². The van der Waals surface area contributed by atoms with Gasteiger partial charge in [-0.25, -0.2) is 0 Å². The lowest BCUT2D eigenvalue weighted by molar-refractivity contribution is -0.148. The molecule has 1 atom stereocenters. The molecular formula is C14H16O2. The Kier molecular flexibility index (Phi) is 2.82. The normalized spacial score (nSPS) is 18.9. The van der Waals surface area contributed by atoms with Crippen molar-refractivity contribution in [1.29, 1.82) is 0 Å². The summed E-state index contributed by atoms with van der Waals surface area (Å²) in [6, 6.07) is 10.0. The molecule has 0 heterocycles. The van der Waals surface area contributed by atoms with E-state index in [2.05, 4.69) is 0 Å². The van der Waals surface area contributed by atoms with Crippen molar-refractivity contribution in [3.8, 4) is 0 Å². The van der Waals surface area contributed by atoms with Gasteiger partial charge in [-0.15, -0.1) is 0 Å². The molecule has 0 fully saturated rings. The number of carbonyl (C=O) groups excluding carboxylic acids is 1. The second-order valence-electron chi connectivity index (χ2n) is 4.38. The molecule has 84 valence electrons. The summed E-state index contributed by atoms with van der Waals surface area (Å²) in [5.74, 6) is -0.226. The molecule has 16 heavy (non-hydrogen) atoms. The van der Waals surface area contributed by atoms with Crippen molar-refractivity contribution < 1.29 is 9.53 Å². The van der Waals surface area contributed by atoms with Crippen molar-refractivity contribution >= 4 is 11.5 Å². The van der Waals surface area contributed by atoms with Crippen LogP contribution in [0.15, 0.2) is 35.9 Å². The Bertz CT molecular complexity index is 429. The minimum Gasteiger partial charge on any atom is -0.462 e. The largest absolute Gasteiger partial charge is 0.462 e. The molecule has 2 rings (SSSR count). The van der Waals surface area contributed by atoms with E-state index in [9.17, 15) is 4.79 Å². The van der Waals surface area contributed by atoms with Gasteiger partial charge in [-0.3, -0.25) is 4.79 Å². The van der Waals surface area contributed by atoms with Crippen LogP contribution in [0.3, 0.4) is 0 Å². The van der Waals surface area contributed by atoms with E-state index >= 15 is 0 Å². The van der Waals surface area contributed by atoms with Gasteiger partial charge in [0.2, 0.25) is 0 Å². The third-order valence-electron chi connectivity index (χ3n) is 2.74. The number of hydrogen-bond donors (Lipinski definition) is 0. The summed E-state index contributed by atoms with van der Waals surface area (Å²) in [5, 5.41) is 0. The minimum atomic E-state index is -0.119. The lowest BCUT2D eigenvalue weighted by Crippen LogP contribution is -2.14. The number of carbonyl (C=O) groups is 1. The highest BCUT2D eigenvalue weighted by Crippen LogP contribution is 2.47. The second-order valence-corrected chi connectivity index (χ2v) is 4.38. The molecule has 1 aliphatic carbocycles. The van der Waals surface area contributed by atoms with Gasteiger partial charge in [0.15, 0.2) is 0 Å². The lowest BCUT2D eigenvalue weighted by atomic mass is 10.1. The van der Waals surface area contributed by atoms with Crippen LogP contribution in [-0.4, -0.2) is 12.1 Å². The predicted molar refractivity (Wildman–Crippen MR) is 63.8 cm³/mol. The highest BCUT2D eigenvalue weighted by atomic mass is 16.5. The van der Waals surface area contributed by atoms with Crippen LogP contribution in [0.2, 0.25) is 0 Å². The van der Waals surface area contributed by atoms with Crippen molar-refractivity contribution in [3.05, 3.63) is 41.5 Å². The first-order valence-electron chi connectivity index (χ1n) is 5.58.